The van der Waals surface area contributed by atoms with Crippen LogP contribution in [0, 0.1) is 6.92 Å². The third kappa shape index (κ3) is 2.71. The minimum absolute atomic E-state index is 0.242. The summed E-state index contributed by atoms with van der Waals surface area (Å²) >= 11 is 6.46. The van der Waals surface area contributed by atoms with E-state index >= 15 is 0 Å². The maximum absolute atomic E-state index is 12.6. The molecule has 0 amide bonds. The van der Waals surface area contributed by atoms with Crippen LogP contribution in [0.25, 0.3) is 0 Å². The highest BCUT2D eigenvalue weighted by Crippen LogP contribution is 2.41. The predicted molar refractivity (Wildman–Crippen MR) is 55.6 cm³/mol. The second-order valence-corrected chi connectivity index (χ2v) is 5.70. The standard InChI is InChI=1S/C7H6Br2F2OS/c1-3-4(8)2-5(13-3)6(12)7(9,10)11/h2,6,12H,1H3. The zero-order valence-electron chi connectivity index (χ0n) is 6.52. The van der Waals surface area contributed by atoms with Gasteiger partial charge < -0.3 is 5.11 Å². The Hall–Kier alpha value is 0.480. The molecule has 0 spiro atoms. The Morgan fingerprint density at radius 2 is 2.15 bits per heavy atom. The summed E-state index contributed by atoms with van der Waals surface area (Å²) < 4.78 is 25.9. The number of hydrogen-bond acceptors (Lipinski definition) is 2. The molecule has 1 aromatic rings. The Labute approximate surface area is 95.0 Å². The van der Waals surface area contributed by atoms with Crippen molar-refractivity contribution in [3.8, 4) is 0 Å². The van der Waals surface area contributed by atoms with Gasteiger partial charge in [-0.15, -0.1) is 11.3 Å². The molecule has 0 aliphatic heterocycles. The minimum atomic E-state index is -3.27. The van der Waals surface area contributed by atoms with Gasteiger partial charge in [0.15, 0.2) is 6.10 Å². The Morgan fingerprint density at radius 3 is 2.46 bits per heavy atom. The van der Waals surface area contributed by atoms with Crippen LogP contribution >= 0.6 is 43.2 Å². The normalized spacial score (nSPS) is 14.6. The lowest BCUT2D eigenvalue weighted by atomic mass is 10.3. The van der Waals surface area contributed by atoms with Gasteiger partial charge in [0, 0.05) is 14.2 Å². The molecule has 0 saturated heterocycles. The molecule has 0 aliphatic carbocycles. The van der Waals surface area contributed by atoms with E-state index in [2.05, 4.69) is 31.9 Å². The van der Waals surface area contributed by atoms with E-state index in [0.29, 0.717) is 0 Å². The predicted octanol–water partition coefficient (Wildman–Crippen LogP) is 3.84. The summed E-state index contributed by atoms with van der Waals surface area (Å²) in [6.07, 6.45) is -1.79. The van der Waals surface area contributed by atoms with Gasteiger partial charge in [-0.05, 0) is 44.8 Å². The van der Waals surface area contributed by atoms with Gasteiger partial charge >= 0.3 is 4.83 Å². The van der Waals surface area contributed by atoms with Crippen LogP contribution < -0.4 is 0 Å². The molecule has 1 nitrogen and oxygen atoms in total. The number of aliphatic hydroxyl groups is 1. The van der Waals surface area contributed by atoms with Crippen LogP contribution in [0.5, 0.6) is 0 Å². The summed E-state index contributed by atoms with van der Waals surface area (Å²) in [6, 6.07) is 1.50. The van der Waals surface area contributed by atoms with E-state index in [1.54, 1.807) is 6.92 Å². The third-order valence-electron chi connectivity index (χ3n) is 1.46. The van der Waals surface area contributed by atoms with Crippen LogP contribution in [0.4, 0.5) is 8.78 Å². The van der Waals surface area contributed by atoms with E-state index in [1.165, 1.54) is 6.07 Å². The fourth-order valence-electron chi connectivity index (χ4n) is 0.778. The number of halogens is 4. The second-order valence-electron chi connectivity index (χ2n) is 2.50. The molecular weight excluding hydrogens is 330 g/mol. The smallest absolute Gasteiger partial charge is 0.331 e. The molecule has 6 heteroatoms. The number of alkyl halides is 3. The third-order valence-corrected chi connectivity index (χ3v) is 4.08. The lowest BCUT2D eigenvalue weighted by molar-refractivity contribution is -0.0275. The maximum atomic E-state index is 12.6. The molecule has 0 fully saturated rings. The summed E-state index contributed by atoms with van der Waals surface area (Å²) in [5, 5.41) is 9.19. The van der Waals surface area contributed by atoms with Crippen molar-refractivity contribution < 1.29 is 13.9 Å². The lowest BCUT2D eigenvalue weighted by Crippen LogP contribution is -2.16. The van der Waals surface area contributed by atoms with E-state index in [0.717, 1.165) is 20.7 Å². The van der Waals surface area contributed by atoms with Gasteiger partial charge in [-0.3, -0.25) is 0 Å². The van der Waals surface area contributed by atoms with Crippen LogP contribution in [-0.2, 0) is 0 Å². The van der Waals surface area contributed by atoms with Gasteiger partial charge in [0.1, 0.15) is 0 Å². The summed E-state index contributed by atoms with van der Waals surface area (Å²) in [5.41, 5.74) is 0. The highest BCUT2D eigenvalue weighted by Gasteiger charge is 2.37. The maximum Gasteiger partial charge on any atom is 0.331 e. The van der Waals surface area contributed by atoms with Crippen molar-refractivity contribution in [3.05, 3.63) is 20.3 Å². The molecule has 1 N–H and O–H groups in total. The molecular formula is C7H6Br2F2OS. The summed E-state index contributed by atoms with van der Waals surface area (Å²) in [5.74, 6) is 0. The average Bonchev–Trinajstić information content (AvgIpc) is 2.29. The molecule has 0 saturated carbocycles. The van der Waals surface area contributed by atoms with Crippen molar-refractivity contribution in [2.24, 2.45) is 0 Å². The first-order valence-corrected chi connectivity index (χ1v) is 5.73. The fraction of sp³-hybridized carbons (Fsp3) is 0.429. The van der Waals surface area contributed by atoms with E-state index in [9.17, 15) is 13.9 Å². The molecule has 1 aromatic heterocycles. The SMILES string of the molecule is Cc1sc(C(O)C(F)(F)Br)cc1Br. The lowest BCUT2D eigenvalue weighted by Gasteiger charge is -2.14. The summed E-state index contributed by atoms with van der Waals surface area (Å²) in [7, 11) is 0. The van der Waals surface area contributed by atoms with Crippen molar-refractivity contribution in [3.63, 3.8) is 0 Å². The Balaban J connectivity index is 2.96. The molecule has 1 rings (SSSR count). The van der Waals surface area contributed by atoms with Gasteiger partial charge in [0.2, 0.25) is 0 Å². The van der Waals surface area contributed by atoms with Crippen molar-refractivity contribution >= 4 is 43.2 Å². The largest absolute Gasteiger partial charge is 0.380 e. The molecule has 0 aromatic carbocycles. The monoisotopic (exact) mass is 334 g/mol. The molecule has 1 heterocycles. The van der Waals surface area contributed by atoms with Gasteiger partial charge in [-0.2, -0.15) is 8.78 Å². The number of thiophene rings is 1. The van der Waals surface area contributed by atoms with E-state index in [1.807, 2.05) is 0 Å². The van der Waals surface area contributed by atoms with Crippen molar-refractivity contribution in [1.29, 1.82) is 0 Å². The molecule has 0 radical (unpaired) electrons. The minimum Gasteiger partial charge on any atom is -0.380 e. The number of aliphatic hydroxyl groups excluding tert-OH is 1. The van der Waals surface area contributed by atoms with Crippen LogP contribution in [0.15, 0.2) is 10.5 Å². The first-order chi connectivity index (χ1) is 5.82. The number of aryl methyl sites for hydroxylation is 1. The van der Waals surface area contributed by atoms with Crippen molar-refractivity contribution in [2.75, 3.05) is 0 Å². The second kappa shape index (κ2) is 3.92. The molecule has 0 bridgehead atoms. The molecule has 0 aliphatic rings. The van der Waals surface area contributed by atoms with Crippen LogP contribution in [0.1, 0.15) is 15.9 Å². The van der Waals surface area contributed by atoms with Crippen molar-refractivity contribution in [2.45, 2.75) is 17.9 Å². The van der Waals surface area contributed by atoms with Gasteiger partial charge in [0.05, 0.1) is 0 Å². The average molecular weight is 336 g/mol. The van der Waals surface area contributed by atoms with Gasteiger partial charge in [0.25, 0.3) is 0 Å². The van der Waals surface area contributed by atoms with Crippen LogP contribution in [-0.4, -0.2) is 9.94 Å². The molecule has 1 atom stereocenters. The van der Waals surface area contributed by atoms with Gasteiger partial charge in [-0.25, -0.2) is 0 Å². The van der Waals surface area contributed by atoms with E-state index < -0.39 is 10.9 Å². The summed E-state index contributed by atoms with van der Waals surface area (Å²) in [4.78, 5) is -2.17. The Kier molecular flexibility index (Phi) is 3.49. The zero-order chi connectivity index (χ0) is 10.2. The molecule has 74 valence electrons. The van der Waals surface area contributed by atoms with Crippen LogP contribution in [0.2, 0.25) is 0 Å². The quantitative estimate of drug-likeness (QED) is 0.814. The summed E-state index contributed by atoms with van der Waals surface area (Å²) in [6.45, 7) is 1.79. The molecule has 13 heavy (non-hydrogen) atoms. The van der Waals surface area contributed by atoms with E-state index in [4.69, 9.17) is 0 Å². The van der Waals surface area contributed by atoms with Crippen molar-refractivity contribution in [1.82, 2.24) is 0 Å². The number of rotatable bonds is 2. The van der Waals surface area contributed by atoms with E-state index in [-0.39, 0.29) is 4.88 Å². The molecule has 1 unspecified atom stereocenters. The topological polar surface area (TPSA) is 20.2 Å². The Morgan fingerprint density at radius 1 is 1.62 bits per heavy atom. The highest BCUT2D eigenvalue weighted by atomic mass is 79.9. The highest BCUT2D eigenvalue weighted by molar-refractivity contribution is 9.10. The fourth-order valence-corrected chi connectivity index (χ4v) is 2.76. The number of hydrogen-bond donors (Lipinski definition) is 1. The Bertz CT molecular complexity index is 288. The van der Waals surface area contributed by atoms with Crippen LogP contribution in [0.3, 0.4) is 0 Å². The first kappa shape index (κ1) is 11.6. The zero-order valence-corrected chi connectivity index (χ0v) is 10.5. The van der Waals surface area contributed by atoms with Gasteiger partial charge in [-0.1, -0.05) is 0 Å². The first-order valence-electron chi connectivity index (χ1n) is 3.33.